The first-order valence-corrected chi connectivity index (χ1v) is 13.7. The Balaban J connectivity index is 1.49. The van der Waals surface area contributed by atoms with Gasteiger partial charge in [0.25, 0.3) is 5.91 Å². The van der Waals surface area contributed by atoms with Crippen molar-refractivity contribution in [2.24, 2.45) is 4.99 Å². The molecule has 0 unspecified atom stereocenters. The van der Waals surface area contributed by atoms with E-state index in [2.05, 4.69) is 56.9 Å². The number of ether oxygens (including phenoxy) is 1. The van der Waals surface area contributed by atoms with E-state index in [0.29, 0.717) is 22.4 Å². The number of furan rings is 1. The van der Waals surface area contributed by atoms with Gasteiger partial charge in [-0.2, -0.15) is 0 Å². The van der Waals surface area contributed by atoms with Crippen LogP contribution in [0.4, 0.5) is 11.4 Å². The SMILES string of the molecule is CCCN1c2ccc(/C=C3/SC(=Nc4ccc(OC)cc4)N(Cc4ccco4)C3=O)cc2C(C)=CC1(C)C. The monoisotopic (exact) mass is 527 g/mol. The predicted molar refractivity (Wildman–Crippen MR) is 157 cm³/mol. The zero-order chi connectivity index (χ0) is 26.9. The number of amides is 1. The number of allylic oxidation sites excluding steroid dienone is 1. The highest BCUT2D eigenvalue weighted by Gasteiger charge is 2.35. The maximum Gasteiger partial charge on any atom is 0.267 e. The van der Waals surface area contributed by atoms with Crippen molar-refractivity contribution >= 4 is 45.9 Å². The highest BCUT2D eigenvalue weighted by molar-refractivity contribution is 8.18. The molecule has 1 aromatic heterocycles. The summed E-state index contributed by atoms with van der Waals surface area (Å²) in [5.41, 5.74) is 5.41. The number of amidine groups is 1. The van der Waals surface area contributed by atoms with Crippen molar-refractivity contribution < 1.29 is 13.9 Å². The summed E-state index contributed by atoms with van der Waals surface area (Å²) in [4.78, 5) is 23.2. The number of nitrogens with zero attached hydrogens (tertiary/aromatic N) is 3. The number of hydrogen-bond donors (Lipinski definition) is 0. The second kappa shape index (κ2) is 10.6. The van der Waals surface area contributed by atoms with E-state index in [0.717, 1.165) is 30.0 Å². The van der Waals surface area contributed by atoms with Gasteiger partial charge in [0.2, 0.25) is 0 Å². The molecule has 0 aliphatic carbocycles. The van der Waals surface area contributed by atoms with Crippen molar-refractivity contribution in [3.63, 3.8) is 0 Å². The third-order valence-corrected chi connectivity index (χ3v) is 7.83. The van der Waals surface area contributed by atoms with E-state index in [4.69, 9.17) is 14.1 Å². The fraction of sp³-hybridized carbons (Fsp3) is 0.290. The molecular formula is C31H33N3O3S. The van der Waals surface area contributed by atoms with E-state index in [-0.39, 0.29) is 11.4 Å². The average Bonchev–Trinajstić information content (AvgIpc) is 3.51. The second-order valence-electron chi connectivity index (χ2n) is 10.1. The van der Waals surface area contributed by atoms with Gasteiger partial charge in [-0.25, -0.2) is 4.99 Å². The fourth-order valence-corrected chi connectivity index (χ4v) is 6.03. The molecule has 3 heterocycles. The Morgan fingerprint density at radius 2 is 1.92 bits per heavy atom. The van der Waals surface area contributed by atoms with Crippen molar-refractivity contribution in [2.75, 3.05) is 18.6 Å². The molecule has 2 aliphatic rings. The van der Waals surface area contributed by atoms with Gasteiger partial charge in [0.15, 0.2) is 5.17 Å². The molecule has 3 aromatic rings. The Labute approximate surface area is 228 Å². The van der Waals surface area contributed by atoms with Gasteiger partial charge in [-0.1, -0.05) is 19.1 Å². The summed E-state index contributed by atoms with van der Waals surface area (Å²) in [6.45, 7) is 10.2. The van der Waals surface area contributed by atoms with Crippen molar-refractivity contribution in [3.8, 4) is 5.75 Å². The molecule has 196 valence electrons. The van der Waals surface area contributed by atoms with E-state index in [1.165, 1.54) is 28.6 Å². The lowest BCUT2D eigenvalue weighted by atomic mass is 9.88. The summed E-state index contributed by atoms with van der Waals surface area (Å²) < 4.78 is 10.8. The maximum absolute atomic E-state index is 13.6. The minimum atomic E-state index is -0.0858. The number of aliphatic imine (C=N–C) groups is 1. The first-order chi connectivity index (χ1) is 18.3. The molecule has 0 N–H and O–H groups in total. The lowest BCUT2D eigenvalue weighted by molar-refractivity contribution is -0.122. The summed E-state index contributed by atoms with van der Waals surface area (Å²) >= 11 is 1.38. The Morgan fingerprint density at radius 3 is 2.61 bits per heavy atom. The highest BCUT2D eigenvalue weighted by atomic mass is 32.2. The average molecular weight is 528 g/mol. The van der Waals surface area contributed by atoms with Gasteiger partial charge in [-0.3, -0.25) is 9.69 Å². The maximum atomic E-state index is 13.6. The van der Waals surface area contributed by atoms with Crippen LogP contribution in [0.2, 0.25) is 0 Å². The van der Waals surface area contributed by atoms with E-state index in [9.17, 15) is 4.79 Å². The van der Waals surface area contributed by atoms with E-state index in [1.54, 1.807) is 18.3 Å². The van der Waals surface area contributed by atoms with Crippen LogP contribution in [0.1, 0.15) is 51.0 Å². The molecule has 2 aromatic carbocycles. The molecule has 0 bridgehead atoms. The largest absolute Gasteiger partial charge is 0.497 e. The summed E-state index contributed by atoms with van der Waals surface area (Å²) in [5.74, 6) is 1.38. The number of carbonyl (C=O) groups excluding carboxylic acids is 1. The summed E-state index contributed by atoms with van der Waals surface area (Å²) in [6.07, 6.45) is 7.00. The van der Waals surface area contributed by atoms with Gasteiger partial charge >= 0.3 is 0 Å². The molecule has 0 radical (unpaired) electrons. The third-order valence-electron chi connectivity index (χ3n) is 6.83. The van der Waals surface area contributed by atoms with Crippen LogP contribution in [0, 0.1) is 0 Å². The Bertz CT molecular complexity index is 1420. The van der Waals surface area contributed by atoms with Crippen LogP contribution >= 0.6 is 11.8 Å². The Morgan fingerprint density at radius 1 is 1.13 bits per heavy atom. The van der Waals surface area contributed by atoms with Gasteiger partial charge in [0, 0.05) is 17.8 Å². The van der Waals surface area contributed by atoms with Gasteiger partial charge in [-0.15, -0.1) is 0 Å². The molecule has 0 atom stereocenters. The zero-order valence-electron chi connectivity index (χ0n) is 22.5. The summed E-state index contributed by atoms with van der Waals surface area (Å²) in [6, 6.07) is 17.7. The number of carbonyl (C=O) groups is 1. The predicted octanol–water partition coefficient (Wildman–Crippen LogP) is 7.50. The molecule has 38 heavy (non-hydrogen) atoms. The van der Waals surface area contributed by atoms with Crippen molar-refractivity contribution in [1.29, 1.82) is 0 Å². The number of hydrogen-bond acceptors (Lipinski definition) is 6. The zero-order valence-corrected chi connectivity index (χ0v) is 23.3. The quantitative estimate of drug-likeness (QED) is 0.298. The van der Waals surface area contributed by atoms with Crippen molar-refractivity contribution in [2.45, 2.75) is 46.2 Å². The van der Waals surface area contributed by atoms with E-state index in [1.807, 2.05) is 42.5 Å². The van der Waals surface area contributed by atoms with Crippen LogP contribution in [0.3, 0.4) is 0 Å². The van der Waals surface area contributed by atoms with Gasteiger partial charge in [0.05, 0.1) is 36.0 Å². The lowest BCUT2D eigenvalue weighted by Gasteiger charge is -2.43. The van der Waals surface area contributed by atoms with E-state index < -0.39 is 0 Å². The molecule has 7 heteroatoms. The molecule has 0 spiro atoms. The molecule has 6 nitrogen and oxygen atoms in total. The fourth-order valence-electron chi connectivity index (χ4n) is 5.03. The molecule has 2 aliphatic heterocycles. The third kappa shape index (κ3) is 5.16. The van der Waals surface area contributed by atoms with Gasteiger partial charge in [-0.05, 0) is 105 Å². The van der Waals surface area contributed by atoms with E-state index >= 15 is 0 Å². The topological polar surface area (TPSA) is 58.3 Å². The highest BCUT2D eigenvalue weighted by Crippen LogP contribution is 2.41. The van der Waals surface area contributed by atoms with Gasteiger partial charge in [0.1, 0.15) is 11.5 Å². The van der Waals surface area contributed by atoms with Crippen molar-refractivity contribution in [1.82, 2.24) is 4.90 Å². The lowest BCUT2D eigenvalue weighted by Crippen LogP contribution is -2.45. The molecule has 1 amide bonds. The second-order valence-corrected chi connectivity index (χ2v) is 11.1. The van der Waals surface area contributed by atoms with Gasteiger partial charge < -0.3 is 14.1 Å². The number of benzene rings is 2. The van der Waals surface area contributed by atoms with Crippen LogP contribution in [0.15, 0.2) is 81.3 Å². The number of thioether (sulfide) groups is 1. The van der Waals surface area contributed by atoms with Crippen LogP contribution in [-0.4, -0.2) is 35.2 Å². The molecule has 1 fully saturated rings. The number of rotatable bonds is 7. The minimum absolute atomic E-state index is 0.0382. The molecule has 0 saturated carbocycles. The smallest absolute Gasteiger partial charge is 0.267 e. The van der Waals surface area contributed by atoms with Crippen LogP contribution in [0.5, 0.6) is 5.75 Å². The number of anilines is 1. The Hall–Kier alpha value is -3.71. The summed E-state index contributed by atoms with van der Waals surface area (Å²) in [7, 11) is 1.63. The standard InChI is InChI=1S/C31H33N3O3S/c1-6-15-34-27-14-9-22(17-26(27)21(2)19-31(34,3)4)18-28-29(35)33(20-25-8-7-16-37-25)30(38-28)32-23-10-12-24(36-5)13-11-23/h7-14,16-19H,6,15,20H2,1-5H3/b28-18+,32-30?. The van der Waals surface area contributed by atoms with Crippen LogP contribution in [-0.2, 0) is 11.3 Å². The minimum Gasteiger partial charge on any atom is -0.497 e. The van der Waals surface area contributed by atoms with Crippen LogP contribution < -0.4 is 9.64 Å². The van der Waals surface area contributed by atoms with Crippen LogP contribution in [0.25, 0.3) is 11.6 Å². The number of fused-ring (bicyclic) bond motifs is 1. The first kappa shape index (κ1) is 25.9. The first-order valence-electron chi connectivity index (χ1n) is 12.9. The Kier molecular flexibility index (Phi) is 7.21. The summed E-state index contributed by atoms with van der Waals surface area (Å²) in [5, 5.41) is 0.618. The molecule has 5 rings (SSSR count). The molecule has 1 saturated heterocycles. The number of methoxy groups -OCH3 is 1. The normalized spacial score (nSPS) is 18.8. The van der Waals surface area contributed by atoms with Crippen molar-refractivity contribution in [3.05, 3.63) is 88.7 Å². The molecular weight excluding hydrogens is 494 g/mol.